The monoisotopic (exact) mass is 222 g/mol. The van der Waals surface area contributed by atoms with E-state index in [1.807, 2.05) is 20.0 Å². The van der Waals surface area contributed by atoms with Gasteiger partial charge in [-0.15, -0.1) is 10.2 Å². The van der Waals surface area contributed by atoms with Crippen LogP contribution in [0.2, 0.25) is 0 Å². The van der Waals surface area contributed by atoms with Gasteiger partial charge in [0.15, 0.2) is 12.4 Å². The summed E-state index contributed by atoms with van der Waals surface area (Å²) in [6.07, 6.45) is 4.23. The van der Waals surface area contributed by atoms with Crippen LogP contribution in [0, 0.1) is 0 Å². The molecule has 86 valence electrons. The van der Waals surface area contributed by atoms with Crippen molar-refractivity contribution in [1.82, 2.24) is 20.0 Å². The van der Waals surface area contributed by atoms with Crippen LogP contribution >= 0.6 is 0 Å². The second-order valence-corrected chi connectivity index (χ2v) is 3.26. The van der Waals surface area contributed by atoms with Crippen molar-refractivity contribution in [1.29, 1.82) is 0 Å². The molecule has 6 nitrogen and oxygen atoms in total. The summed E-state index contributed by atoms with van der Waals surface area (Å²) in [5.41, 5.74) is 0. The van der Waals surface area contributed by atoms with Gasteiger partial charge in [-0.1, -0.05) is 6.92 Å². The SMILES string of the molecule is CCc1nnc(COc2cnn(CC)c2)o1. The minimum atomic E-state index is 0.280. The van der Waals surface area contributed by atoms with Gasteiger partial charge in [-0.25, -0.2) is 0 Å². The fourth-order valence-corrected chi connectivity index (χ4v) is 1.23. The maximum Gasteiger partial charge on any atom is 0.253 e. The Morgan fingerprint density at radius 3 is 2.75 bits per heavy atom. The van der Waals surface area contributed by atoms with E-state index in [0.717, 1.165) is 13.0 Å². The molecule has 0 unspecified atom stereocenters. The minimum absolute atomic E-state index is 0.280. The molecule has 0 aliphatic heterocycles. The lowest BCUT2D eigenvalue weighted by atomic mass is 10.5. The van der Waals surface area contributed by atoms with Crippen LogP contribution < -0.4 is 4.74 Å². The highest BCUT2D eigenvalue weighted by atomic mass is 16.5. The summed E-state index contributed by atoms with van der Waals surface area (Å²) in [6.45, 7) is 5.08. The Hall–Kier alpha value is -1.85. The van der Waals surface area contributed by atoms with Crippen molar-refractivity contribution in [3.05, 3.63) is 24.2 Å². The largest absolute Gasteiger partial charge is 0.481 e. The molecule has 0 saturated heterocycles. The molecule has 6 heteroatoms. The first kappa shape index (κ1) is 10.7. The fraction of sp³-hybridized carbons (Fsp3) is 0.500. The quantitative estimate of drug-likeness (QED) is 0.765. The van der Waals surface area contributed by atoms with Crippen molar-refractivity contribution in [3.8, 4) is 5.75 Å². The van der Waals surface area contributed by atoms with Crippen LogP contribution in [-0.2, 0) is 19.6 Å². The summed E-state index contributed by atoms with van der Waals surface area (Å²) in [7, 11) is 0. The van der Waals surface area contributed by atoms with E-state index in [1.165, 1.54) is 0 Å². The van der Waals surface area contributed by atoms with Gasteiger partial charge in [-0.2, -0.15) is 5.10 Å². The van der Waals surface area contributed by atoms with Crippen molar-refractivity contribution >= 4 is 0 Å². The molecule has 0 aliphatic carbocycles. The smallest absolute Gasteiger partial charge is 0.253 e. The minimum Gasteiger partial charge on any atom is -0.481 e. The van der Waals surface area contributed by atoms with Crippen LogP contribution in [-0.4, -0.2) is 20.0 Å². The highest BCUT2D eigenvalue weighted by molar-refractivity contribution is 5.11. The first-order valence-corrected chi connectivity index (χ1v) is 5.28. The first-order valence-electron chi connectivity index (χ1n) is 5.28. The van der Waals surface area contributed by atoms with Gasteiger partial charge in [0.05, 0.1) is 12.4 Å². The van der Waals surface area contributed by atoms with Crippen molar-refractivity contribution < 1.29 is 9.15 Å². The van der Waals surface area contributed by atoms with Crippen LogP contribution in [0.25, 0.3) is 0 Å². The van der Waals surface area contributed by atoms with Crippen LogP contribution in [0.5, 0.6) is 5.75 Å². The van der Waals surface area contributed by atoms with Gasteiger partial charge in [0.2, 0.25) is 5.89 Å². The molecule has 0 amide bonds. The molecule has 16 heavy (non-hydrogen) atoms. The van der Waals surface area contributed by atoms with E-state index in [4.69, 9.17) is 9.15 Å². The van der Waals surface area contributed by atoms with E-state index in [-0.39, 0.29) is 6.61 Å². The average Bonchev–Trinajstić information content (AvgIpc) is 2.95. The summed E-state index contributed by atoms with van der Waals surface area (Å²) in [4.78, 5) is 0. The van der Waals surface area contributed by atoms with Gasteiger partial charge in [-0.05, 0) is 6.92 Å². The van der Waals surface area contributed by atoms with Gasteiger partial charge in [-0.3, -0.25) is 4.68 Å². The van der Waals surface area contributed by atoms with Crippen LogP contribution in [0.1, 0.15) is 25.6 Å². The predicted octanol–water partition coefficient (Wildman–Crippen LogP) is 1.43. The van der Waals surface area contributed by atoms with E-state index in [9.17, 15) is 0 Å². The van der Waals surface area contributed by atoms with Crippen molar-refractivity contribution in [3.63, 3.8) is 0 Å². The molecular formula is C10H14N4O2. The van der Waals surface area contributed by atoms with Gasteiger partial charge in [0, 0.05) is 13.0 Å². The Morgan fingerprint density at radius 2 is 2.12 bits per heavy atom. The highest BCUT2D eigenvalue weighted by Crippen LogP contribution is 2.10. The molecule has 2 aromatic heterocycles. The van der Waals surface area contributed by atoms with Gasteiger partial charge >= 0.3 is 0 Å². The molecule has 0 saturated carbocycles. The summed E-state index contributed by atoms with van der Waals surface area (Å²) < 4.78 is 12.6. The van der Waals surface area contributed by atoms with E-state index < -0.39 is 0 Å². The van der Waals surface area contributed by atoms with Gasteiger partial charge in [0.25, 0.3) is 5.89 Å². The Morgan fingerprint density at radius 1 is 1.31 bits per heavy atom. The fourth-order valence-electron chi connectivity index (χ4n) is 1.23. The van der Waals surface area contributed by atoms with Crippen LogP contribution in [0.4, 0.5) is 0 Å². The first-order chi connectivity index (χ1) is 7.81. The third-order valence-electron chi connectivity index (χ3n) is 2.11. The molecule has 0 N–H and O–H groups in total. The van der Waals surface area contributed by atoms with Gasteiger partial charge in [0.1, 0.15) is 0 Å². The maximum atomic E-state index is 5.45. The van der Waals surface area contributed by atoms with Crippen molar-refractivity contribution in [2.75, 3.05) is 0 Å². The molecule has 2 heterocycles. The van der Waals surface area contributed by atoms with E-state index >= 15 is 0 Å². The number of ether oxygens (including phenoxy) is 1. The molecule has 0 atom stereocenters. The second kappa shape index (κ2) is 4.78. The number of aryl methyl sites for hydroxylation is 2. The zero-order valence-electron chi connectivity index (χ0n) is 9.38. The number of rotatable bonds is 5. The van der Waals surface area contributed by atoms with Crippen molar-refractivity contribution in [2.45, 2.75) is 33.4 Å². The van der Waals surface area contributed by atoms with E-state index in [0.29, 0.717) is 17.5 Å². The zero-order chi connectivity index (χ0) is 11.4. The van der Waals surface area contributed by atoms with Crippen LogP contribution in [0.15, 0.2) is 16.8 Å². The molecule has 0 radical (unpaired) electrons. The number of hydrogen-bond donors (Lipinski definition) is 0. The summed E-state index contributed by atoms with van der Waals surface area (Å²) in [5.74, 6) is 1.82. The Labute approximate surface area is 93.2 Å². The lowest BCUT2D eigenvalue weighted by Crippen LogP contribution is -1.95. The topological polar surface area (TPSA) is 66.0 Å². The molecular weight excluding hydrogens is 208 g/mol. The molecule has 0 fully saturated rings. The average molecular weight is 222 g/mol. The Bertz CT molecular complexity index is 407. The number of nitrogens with zero attached hydrogens (tertiary/aromatic N) is 4. The lowest BCUT2D eigenvalue weighted by Gasteiger charge is -1.97. The molecule has 0 bridgehead atoms. The molecule has 2 rings (SSSR count). The zero-order valence-corrected chi connectivity index (χ0v) is 9.38. The lowest BCUT2D eigenvalue weighted by molar-refractivity contribution is 0.259. The standard InChI is InChI=1S/C10H14N4O2/c1-3-9-12-13-10(16-9)7-15-8-5-11-14(4-2)6-8/h5-6H,3-4,7H2,1-2H3. The highest BCUT2D eigenvalue weighted by Gasteiger charge is 2.05. The normalized spacial score (nSPS) is 10.6. The summed E-state index contributed by atoms with van der Waals surface area (Å²) in [5, 5.41) is 11.8. The summed E-state index contributed by atoms with van der Waals surface area (Å²) >= 11 is 0. The maximum absolute atomic E-state index is 5.45. The van der Waals surface area contributed by atoms with Gasteiger partial charge < -0.3 is 9.15 Å². The molecule has 0 aromatic carbocycles. The Balaban J connectivity index is 1.91. The molecule has 2 aromatic rings. The summed E-state index contributed by atoms with van der Waals surface area (Å²) in [6, 6.07) is 0. The van der Waals surface area contributed by atoms with Crippen molar-refractivity contribution in [2.24, 2.45) is 0 Å². The van der Waals surface area contributed by atoms with E-state index in [2.05, 4.69) is 15.3 Å². The second-order valence-electron chi connectivity index (χ2n) is 3.26. The predicted molar refractivity (Wildman–Crippen MR) is 55.9 cm³/mol. The van der Waals surface area contributed by atoms with Crippen LogP contribution in [0.3, 0.4) is 0 Å². The van der Waals surface area contributed by atoms with E-state index in [1.54, 1.807) is 10.9 Å². The number of aromatic nitrogens is 4. The molecule has 0 aliphatic rings. The Kier molecular flexibility index (Phi) is 3.19. The third kappa shape index (κ3) is 2.39. The number of hydrogen-bond acceptors (Lipinski definition) is 5. The molecule has 0 spiro atoms. The third-order valence-corrected chi connectivity index (χ3v) is 2.11.